The lowest BCUT2D eigenvalue weighted by atomic mass is 10.4. The predicted octanol–water partition coefficient (Wildman–Crippen LogP) is 1.68. The van der Waals surface area contributed by atoms with E-state index in [4.69, 9.17) is 27.9 Å². The number of nitrogens with zero attached hydrogens (tertiary/aromatic N) is 2. The number of anilines is 1. The van der Waals surface area contributed by atoms with Gasteiger partial charge in [0.1, 0.15) is 11.4 Å². The first-order valence-electron chi connectivity index (χ1n) is 7.10. The number of H-pyrrole nitrogens is 1. The normalized spacial score (nSPS) is 11.3. The molecular weight excluding hydrogens is 393 g/mol. The van der Waals surface area contributed by atoms with Crippen LogP contribution < -0.4 is 10.0 Å². The summed E-state index contributed by atoms with van der Waals surface area (Å²) in [5.41, 5.74) is -0.162. The van der Waals surface area contributed by atoms with Gasteiger partial charge in [0.25, 0.3) is 10.0 Å². The van der Waals surface area contributed by atoms with Crippen LogP contribution in [0.1, 0.15) is 17.3 Å². The van der Waals surface area contributed by atoms with E-state index in [1.165, 1.54) is 12.3 Å². The number of carbonyl (C=O) groups is 1. The quantitative estimate of drug-likeness (QED) is 0.448. The Balaban J connectivity index is 1.96. The lowest BCUT2D eigenvalue weighted by molar-refractivity contribution is 0.0522. The van der Waals surface area contributed by atoms with Crippen LogP contribution in [0, 0.1) is 0 Å². The van der Waals surface area contributed by atoms with Crippen molar-refractivity contribution in [2.75, 3.05) is 25.0 Å². The van der Waals surface area contributed by atoms with E-state index in [9.17, 15) is 13.2 Å². The zero-order valence-corrected chi connectivity index (χ0v) is 15.4. The molecule has 9 nitrogen and oxygen atoms in total. The molecule has 2 rings (SSSR count). The van der Waals surface area contributed by atoms with Crippen molar-refractivity contribution in [2.24, 2.45) is 0 Å². The maximum Gasteiger partial charge on any atom is 0.342 e. The number of hydrogen-bond acceptors (Lipinski definition) is 7. The molecule has 0 amide bonds. The second-order valence-electron chi connectivity index (χ2n) is 4.64. The largest absolute Gasteiger partial charge is 0.462 e. The molecule has 12 heteroatoms. The maximum atomic E-state index is 12.3. The van der Waals surface area contributed by atoms with Gasteiger partial charge >= 0.3 is 5.97 Å². The third-order valence-corrected chi connectivity index (χ3v) is 4.81. The van der Waals surface area contributed by atoms with Gasteiger partial charge in [0.05, 0.1) is 22.8 Å². The summed E-state index contributed by atoms with van der Waals surface area (Å²) < 4.78 is 31.7. The van der Waals surface area contributed by atoms with Crippen LogP contribution in [0.25, 0.3) is 0 Å². The minimum absolute atomic E-state index is 0.0181. The number of ether oxygens (including phenoxy) is 1. The minimum atomic E-state index is -3.97. The van der Waals surface area contributed by atoms with Gasteiger partial charge in [-0.3, -0.25) is 5.10 Å². The number of sulfonamides is 1. The molecule has 0 radical (unpaired) electrons. The highest BCUT2D eigenvalue weighted by Crippen LogP contribution is 2.22. The van der Waals surface area contributed by atoms with Crippen molar-refractivity contribution in [3.8, 4) is 0 Å². The number of halogens is 2. The van der Waals surface area contributed by atoms with Crippen LogP contribution in [-0.4, -0.2) is 49.3 Å². The van der Waals surface area contributed by atoms with Gasteiger partial charge in [-0.1, -0.05) is 23.2 Å². The number of esters is 1. The molecule has 0 unspecified atom stereocenters. The van der Waals surface area contributed by atoms with Crippen LogP contribution in [0.3, 0.4) is 0 Å². The molecule has 2 heterocycles. The molecule has 2 aromatic rings. The Kier molecular flexibility index (Phi) is 6.59. The van der Waals surface area contributed by atoms with E-state index in [1.807, 2.05) is 0 Å². The van der Waals surface area contributed by atoms with Gasteiger partial charge < -0.3 is 10.1 Å². The maximum absolute atomic E-state index is 12.3. The summed E-state index contributed by atoms with van der Waals surface area (Å²) in [6.45, 7) is 1.96. The van der Waals surface area contributed by atoms with Crippen LogP contribution in [-0.2, 0) is 14.8 Å². The Morgan fingerprint density at radius 3 is 2.76 bits per heavy atom. The molecule has 25 heavy (non-hydrogen) atoms. The second kappa shape index (κ2) is 8.48. The monoisotopic (exact) mass is 407 g/mol. The Bertz CT molecular complexity index is 856. The van der Waals surface area contributed by atoms with Crippen LogP contribution >= 0.6 is 23.2 Å². The lowest BCUT2D eigenvalue weighted by Gasteiger charge is -2.09. The summed E-state index contributed by atoms with van der Waals surface area (Å²) in [7, 11) is -3.97. The summed E-state index contributed by atoms with van der Waals surface area (Å²) in [6.07, 6.45) is 2.51. The first kappa shape index (κ1) is 19.4. The first-order valence-corrected chi connectivity index (χ1v) is 9.34. The van der Waals surface area contributed by atoms with E-state index < -0.39 is 16.0 Å². The zero-order valence-electron chi connectivity index (χ0n) is 13.0. The summed E-state index contributed by atoms with van der Waals surface area (Å²) in [4.78, 5) is 15.7. The Morgan fingerprint density at radius 1 is 1.32 bits per heavy atom. The molecule has 0 aliphatic carbocycles. The fraction of sp³-hybridized carbons (Fsp3) is 0.308. The molecule has 0 saturated carbocycles. The summed E-state index contributed by atoms with van der Waals surface area (Å²) >= 11 is 11.7. The number of pyridine rings is 1. The lowest BCUT2D eigenvalue weighted by Crippen LogP contribution is -2.30. The number of aromatic amines is 1. The van der Waals surface area contributed by atoms with Crippen molar-refractivity contribution >= 4 is 45.0 Å². The zero-order chi connectivity index (χ0) is 18.4. The molecule has 3 N–H and O–H groups in total. The van der Waals surface area contributed by atoms with Crippen LogP contribution in [0.2, 0.25) is 10.0 Å². The van der Waals surface area contributed by atoms with Gasteiger partial charge in [0, 0.05) is 19.3 Å². The van der Waals surface area contributed by atoms with E-state index >= 15 is 0 Å². The number of carbonyl (C=O) groups excluding carboxylic acids is 1. The number of hydrogen-bond donors (Lipinski definition) is 3. The van der Waals surface area contributed by atoms with Gasteiger partial charge in [-0.05, 0) is 13.0 Å². The molecule has 0 aliphatic rings. The third-order valence-electron chi connectivity index (χ3n) is 2.89. The van der Waals surface area contributed by atoms with Crippen molar-refractivity contribution in [2.45, 2.75) is 11.9 Å². The predicted molar refractivity (Wildman–Crippen MR) is 92.5 cm³/mol. The van der Waals surface area contributed by atoms with E-state index in [1.54, 1.807) is 6.92 Å². The molecular formula is C13H15Cl2N5O4S. The van der Waals surface area contributed by atoms with Crippen LogP contribution in [0.4, 0.5) is 5.82 Å². The fourth-order valence-electron chi connectivity index (χ4n) is 1.82. The highest BCUT2D eigenvalue weighted by molar-refractivity contribution is 7.89. The molecule has 0 saturated heterocycles. The van der Waals surface area contributed by atoms with E-state index in [0.717, 1.165) is 6.20 Å². The summed E-state index contributed by atoms with van der Waals surface area (Å²) in [6, 6.07) is 1.51. The Labute approximate surface area is 154 Å². The number of aromatic nitrogens is 3. The van der Waals surface area contributed by atoms with Gasteiger partial charge in [-0.2, -0.15) is 5.10 Å². The standard InChI is InChI=1S/C13H15Cl2N5O4S/c1-2-24-13(21)9-7-18-20-12(9)25(22,23)19-4-3-16-11-10(15)5-8(14)6-17-11/h5-7,19H,2-4H2,1H3,(H,16,17)(H,18,20). The Morgan fingerprint density at radius 2 is 2.08 bits per heavy atom. The first-order chi connectivity index (χ1) is 11.8. The van der Waals surface area contributed by atoms with Crippen LogP contribution in [0.5, 0.6) is 0 Å². The molecule has 0 atom stereocenters. The number of nitrogens with one attached hydrogen (secondary N) is 3. The highest BCUT2D eigenvalue weighted by atomic mass is 35.5. The van der Waals surface area contributed by atoms with Gasteiger partial charge in [-0.15, -0.1) is 0 Å². The van der Waals surface area contributed by atoms with Crippen molar-refractivity contribution in [3.05, 3.63) is 34.1 Å². The van der Waals surface area contributed by atoms with Crippen LogP contribution in [0.15, 0.2) is 23.5 Å². The van der Waals surface area contributed by atoms with E-state index in [2.05, 4.69) is 25.2 Å². The van der Waals surface area contributed by atoms with Gasteiger partial charge in [0.2, 0.25) is 0 Å². The molecule has 0 aliphatic heterocycles. The average Bonchev–Trinajstić information content (AvgIpc) is 3.04. The van der Waals surface area contributed by atoms with Crippen molar-refractivity contribution < 1.29 is 17.9 Å². The third kappa shape index (κ3) is 5.05. The van der Waals surface area contributed by atoms with Gasteiger partial charge in [-0.25, -0.2) is 22.9 Å². The highest BCUT2D eigenvalue weighted by Gasteiger charge is 2.25. The van der Waals surface area contributed by atoms with Gasteiger partial charge in [0.15, 0.2) is 5.03 Å². The molecule has 2 aromatic heterocycles. The molecule has 0 fully saturated rings. The molecule has 0 aromatic carbocycles. The molecule has 0 spiro atoms. The van der Waals surface area contributed by atoms with Crippen molar-refractivity contribution in [1.29, 1.82) is 0 Å². The minimum Gasteiger partial charge on any atom is -0.462 e. The van der Waals surface area contributed by atoms with E-state index in [-0.39, 0.29) is 30.3 Å². The Hall–Kier alpha value is -1.88. The second-order valence-corrected chi connectivity index (χ2v) is 7.19. The summed E-state index contributed by atoms with van der Waals surface area (Å²) in [5, 5.41) is 9.10. The smallest absolute Gasteiger partial charge is 0.342 e. The van der Waals surface area contributed by atoms with Crippen molar-refractivity contribution in [3.63, 3.8) is 0 Å². The topological polar surface area (TPSA) is 126 Å². The summed E-state index contributed by atoms with van der Waals surface area (Å²) in [5.74, 6) is -0.397. The average molecular weight is 408 g/mol. The fourth-order valence-corrected chi connectivity index (χ4v) is 3.38. The van der Waals surface area contributed by atoms with E-state index in [0.29, 0.717) is 15.9 Å². The number of rotatable bonds is 8. The molecule has 0 bridgehead atoms. The molecule has 136 valence electrons. The SMILES string of the molecule is CCOC(=O)c1cn[nH]c1S(=O)(=O)NCCNc1ncc(Cl)cc1Cl. The van der Waals surface area contributed by atoms with Crippen molar-refractivity contribution in [1.82, 2.24) is 19.9 Å².